The van der Waals surface area contributed by atoms with Gasteiger partial charge >= 0.3 is 0 Å². The molecule has 1 heterocycles. The largest absolute Gasteiger partial charge is 0.396 e. The van der Waals surface area contributed by atoms with Crippen LogP contribution in [0.5, 0.6) is 0 Å². The summed E-state index contributed by atoms with van der Waals surface area (Å²) in [7, 11) is 0. The number of nitro benzene ring substituents is 1. The van der Waals surface area contributed by atoms with E-state index in [1.54, 1.807) is 0 Å². The number of halogens is 1. The van der Waals surface area contributed by atoms with E-state index < -0.39 is 22.6 Å². The van der Waals surface area contributed by atoms with Crippen molar-refractivity contribution in [2.24, 2.45) is 0 Å². The number of imide groups is 1. The Hall–Kier alpha value is -3.04. The van der Waals surface area contributed by atoms with Gasteiger partial charge in [0, 0.05) is 17.9 Å². The highest BCUT2D eigenvalue weighted by Crippen LogP contribution is 2.39. The van der Waals surface area contributed by atoms with Crippen molar-refractivity contribution >= 4 is 40.5 Å². The molecule has 0 spiro atoms. The lowest BCUT2D eigenvalue weighted by Crippen LogP contribution is -2.32. The number of para-hydroxylation sites is 1. The van der Waals surface area contributed by atoms with Gasteiger partial charge in [0.05, 0.1) is 27.7 Å². The molecule has 0 bridgehead atoms. The van der Waals surface area contributed by atoms with E-state index >= 15 is 0 Å². The van der Waals surface area contributed by atoms with Gasteiger partial charge in [-0.3, -0.25) is 19.7 Å². The molecule has 0 saturated carbocycles. The van der Waals surface area contributed by atoms with Crippen LogP contribution in [0.4, 0.5) is 15.8 Å². The topological polar surface area (TPSA) is 101 Å². The van der Waals surface area contributed by atoms with Gasteiger partial charge in [0.15, 0.2) is 0 Å². The zero-order valence-corrected chi connectivity index (χ0v) is 14.6. The predicted molar refractivity (Wildman–Crippen MR) is 98.5 cm³/mol. The molecular formula is C18H13FN2O5S. The minimum atomic E-state index is -0.726. The van der Waals surface area contributed by atoms with E-state index in [0.717, 1.165) is 22.7 Å². The average Bonchev–Trinajstić information content (AvgIpc) is 2.90. The molecule has 0 radical (unpaired) electrons. The Morgan fingerprint density at radius 3 is 2.33 bits per heavy atom. The summed E-state index contributed by atoms with van der Waals surface area (Å²) >= 11 is 0.975. The van der Waals surface area contributed by atoms with Crippen LogP contribution >= 0.6 is 11.8 Å². The fourth-order valence-corrected chi connectivity index (χ4v) is 3.51. The van der Waals surface area contributed by atoms with Gasteiger partial charge in [-0.05, 0) is 29.8 Å². The van der Waals surface area contributed by atoms with Gasteiger partial charge in [0.25, 0.3) is 17.5 Å². The molecule has 1 aliphatic heterocycles. The number of anilines is 1. The molecule has 0 saturated heterocycles. The second-order valence-electron chi connectivity index (χ2n) is 5.48. The maximum Gasteiger partial charge on any atom is 0.272 e. The van der Waals surface area contributed by atoms with Gasteiger partial charge in [-0.2, -0.15) is 0 Å². The van der Waals surface area contributed by atoms with Crippen molar-refractivity contribution in [3.8, 4) is 0 Å². The Morgan fingerprint density at radius 1 is 1.07 bits per heavy atom. The second-order valence-corrected chi connectivity index (χ2v) is 6.58. The van der Waals surface area contributed by atoms with E-state index in [4.69, 9.17) is 5.11 Å². The van der Waals surface area contributed by atoms with Crippen molar-refractivity contribution in [1.29, 1.82) is 0 Å². The number of hydrogen-bond donors (Lipinski definition) is 1. The van der Waals surface area contributed by atoms with Crippen LogP contribution in [0.25, 0.3) is 5.57 Å². The van der Waals surface area contributed by atoms with Gasteiger partial charge in [0.2, 0.25) is 0 Å². The SMILES string of the molecule is O=C1C(SCCO)=C(c2ccc([N+](=O)[O-])cc2)C(=O)N1c1ccccc1F. The number of non-ortho nitro benzene ring substituents is 1. The molecule has 0 fully saturated rings. The van der Waals surface area contributed by atoms with Crippen molar-refractivity contribution in [2.75, 3.05) is 17.3 Å². The molecule has 0 atom stereocenters. The minimum Gasteiger partial charge on any atom is -0.396 e. The van der Waals surface area contributed by atoms with E-state index in [9.17, 15) is 24.1 Å². The molecule has 1 aliphatic rings. The lowest BCUT2D eigenvalue weighted by Gasteiger charge is -2.15. The Labute approximate surface area is 157 Å². The van der Waals surface area contributed by atoms with Crippen LogP contribution in [0.1, 0.15) is 5.56 Å². The monoisotopic (exact) mass is 388 g/mol. The number of rotatable bonds is 6. The molecule has 9 heteroatoms. The highest BCUT2D eigenvalue weighted by atomic mass is 32.2. The smallest absolute Gasteiger partial charge is 0.272 e. The lowest BCUT2D eigenvalue weighted by molar-refractivity contribution is -0.384. The summed E-state index contributed by atoms with van der Waals surface area (Å²) in [5, 5.41) is 19.9. The summed E-state index contributed by atoms with van der Waals surface area (Å²) in [6.45, 7) is -0.219. The van der Waals surface area contributed by atoms with Gasteiger partial charge in [0.1, 0.15) is 5.82 Å². The Kier molecular flexibility index (Phi) is 5.33. The number of thioether (sulfide) groups is 1. The molecule has 0 aliphatic carbocycles. The van der Waals surface area contributed by atoms with Crippen LogP contribution in [0, 0.1) is 15.9 Å². The number of carbonyl (C=O) groups excluding carboxylic acids is 2. The Morgan fingerprint density at radius 2 is 1.74 bits per heavy atom. The molecule has 2 amide bonds. The van der Waals surface area contributed by atoms with Crippen molar-refractivity contribution in [3.63, 3.8) is 0 Å². The average molecular weight is 388 g/mol. The zero-order valence-electron chi connectivity index (χ0n) is 13.8. The van der Waals surface area contributed by atoms with Crippen molar-refractivity contribution in [2.45, 2.75) is 0 Å². The van der Waals surface area contributed by atoms with E-state index in [1.165, 1.54) is 42.5 Å². The van der Waals surface area contributed by atoms with E-state index in [1.807, 2.05) is 0 Å². The van der Waals surface area contributed by atoms with E-state index in [-0.39, 0.29) is 34.2 Å². The predicted octanol–water partition coefficient (Wildman–Crippen LogP) is 2.74. The molecule has 0 aromatic heterocycles. The molecule has 7 nitrogen and oxygen atoms in total. The fourth-order valence-electron chi connectivity index (χ4n) is 2.65. The number of nitrogens with zero attached hydrogens (tertiary/aromatic N) is 2. The summed E-state index contributed by atoms with van der Waals surface area (Å²) in [6, 6.07) is 10.6. The molecular weight excluding hydrogens is 375 g/mol. The van der Waals surface area contributed by atoms with Crippen LogP contribution < -0.4 is 4.90 Å². The number of nitro groups is 1. The second kappa shape index (κ2) is 7.68. The molecule has 27 heavy (non-hydrogen) atoms. The van der Waals surface area contributed by atoms with Crippen LogP contribution in [0.15, 0.2) is 53.4 Å². The quantitative estimate of drug-likeness (QED) is 0.464. The van der Waals surface area contributed by atoms with Crippen LogP contribution in [0.3, 0.4) is 0 Å². The Bertz CT molecular complexity index is 958. The molecule has 1 N–H and O–H groups in total. The number of aliphatic hydroxyl groups is 1. The van der Waals surface area contributed by atoms with Crippen molar-refractivity contribution in [1.82, 2.24) is 0 Å². The summed E-state index contributed by atoms with van der Waals surface area (Å²) in [6.07, 6.45) is 0. The standard InChI is InChI=1S/C18H13FN2O5S/c19-13-3-1-2-4-14(13)20-17(23)15(16(18(20)24)27-10-9-22)11-5-7-12(8-6-11)21(25)26/h1-8,22H,9-10H2. The van der Waals surface area contributed by atoms with E-state index in [2.05, 4.69) is 0 Å². The molecule has 2 aromatic carbocycles. The third-order valence-corrected chi connectivity index (χ3v) is 4.89. The summed E-state index contributed by atoms with van der Waals surface area (Å²) in [5.41, 5.74) is -0.00650. The van der Waals surface area contributed by atoms with Crippen molar-refractivity contribution in [3.05, 3.63) is 74.9 Å². The maximum atomic E-state index is 14.2. The van der Waals surface area contributed by atoms with Gasteiger partial charge in [-0.15, -0.1) is 11.8 Å². The van der Waals surface area contributed by atoms with Gasteiger partial charge in [-0.1, -0.05) is 12.1 Å². The number of benzene rings is 2. The number of aliphatic hydroxyl groups excluding tert-OH is 1. The fraction of sp³-hybridized carbons (Fsp3) is 0.111. The lowest BCUT2D eigenvalue weighted by atomic mass is 10.1. The number of carbonyl (C=O) groups is 2. The van der Waals surface area contributed by atoms with Crippen molar-refractivity contribution < 1.29 is 24.0 Å². The molecule has 2 aromatic rings. The maximum absolute atomic E-state index is 14.2. The third kappa shape index (κ3) is 3.46. The first-order valence-electron chi connectivity index (χ1n) is 7.81. The van der Waals surface area contributed by atoms with Crippen LogP contribution in [-0.4, -0.2) is 34.2 Å². The third-order valence-electron chi connectivity index (χ3n) is 3.84. The summed E-state index contributed by atoms with van der Waals surface area (Å²) in [5.74, 6) is -1.98. The van der Waals surface area contributed by atoms with Gasteiger partial charge < -0.3 is 5.11 Å². The van der Waals surface area contributed by atoms with Gasteiger partial charge in [-0.25, -0.2) is 9.29 Å². The first-order chi connectivity index (χ1) is 13.0. The summed E-state index contributed by atoms with van der Waals surface area (Å²) in [4.78, 5) is 36.8. The van der Waals surface area contributed by atoms with Crippen LogP contribution in [-0.2, 0) is 9.59 Å². The van der Waals surface area contributed by atoms with Crippen LogP contribution in [0.2, 0.25) is 0 Å². The molecule has 138 valence electrons. The summed E-state index contributed by atoms with van der Waals surface area (Å²) < 4.78 is 14.2. The number of hydrogen-bond acceptors (Lipinski definition) is 6. The normalized spacial score (nSPS) is 14.2. The number of amides is 2. The minimum absolute atomic E-state index is 0.0246. The first-order valence-corrected chi connectivity index (χ1v) is 8.80. The molecule has 0 unspecified atom stereocenters. The van der Waals surface area contributed by atoms with E-state index in [0.29, 0.717) is 5.56 Å². The Balaban J connectivity index is 2.08. The highest BCUT2D eigenvalue weighted by Gasteiger charge is 2.41. The first kappa shape index (κ1) is 18.7. The zero-order chi connectivity index (χ0) is 19.6. The molecule has 3 rings (SSSR count). The highest BCUT2D eigenvalue weighted by molar-refractivity contribution is 8.04.